The maximum Gasteiger partial charge on any atom is 0.314 e. The summed E-state index contributed by atoms with van der Waals surface area (Å²) >= 11 is 0. The van der Waals surface area contributed by atoms with Crippen molar-refractivity contribution < 1.29 is 4.79 Å². The Morgan fingerprint density at radius 3 is 3.09 bits per heavy atom. The van der Waals surface area contributed by atoms with Gasteiger partial charge in [-0.15, -0.1) is 0 Å². The SMILES string of the molecule is CCN1CCCC(CNC(=O)NCCc2ccncc2C)C1. The fraction of sp³-hybridized carbons (Fsp3) is 0.647. The molecule has 122 valence electrons. The van der Waals surface area contributed by atoms with E-state index in [0.29, 0.717) is 12.5 Å². The molecule has 0 aliphatic carbocycles. The van der Waals surface area contributed by atoms with Crippen LogP contribution in [0, 0.1) is 12.8 Å². The summed E-state index contributed by atoms with van der Waals surface area (Å²) in [6.07, 6.45) is 6.95. The molecule has 0 saturated carbocycles. The Labute approximate surface area is 133 Å². The minimum absolute atomic E-state index is 0.0552. The molecule has 0 radical (unpaired) electrons. The van der Waals surface area contributed by atoms with Crippen LogP contribution in [0.25, 0.3) is 0 Å². The van der Waals surface area contributed by atoms with Gasteiger partial charge in [0.1, 0.15) is 0 Å². The van der Waals surface area contributed by atoms with E-state index in [0.717, 1.165) is 26.1 Å². The van der Waals surface area contributed by atoms with Crippen molar-refractivity contribution in [2.24, 2.45) is 5.92 Å². The van der Waals surface area contributed by atoms with Crippen molar-refractivity contribution in [3.8, 4) is 0 Å². The average Bonchev–Trinajstić information content (AvgIpc) is 2.55. The van der Waals surface area contributed by atoms with Crippen molar-refractivity contribution in [1.82, 2.24) is 20.5 Å². The molecule has 1 atom stereocenters. The number of urea groups is 1. The number of nitrogens with one attached hydrogen (secondary N) is 2. The second-order valence-electron chi connectivity index (χ2n) is 6.09. The maximum atomic E-state index is 11.9. The maximum absolute atomic E-state index is 11.9. The molecule has 1 unspecified atom stereocenters. The van der Waals surface area contributed by atoms with Crippen molar-refractivity contribution in [1.29, 1.82) is 0 Å². The Hall–Kier alpha value is -1.62. The number of hydrogen-bond donors (Lipinski definition) is 2. The van der Waals surface area contributed by atoms with Gasteiger partial charge in [-0.2, -0.15) is 0 Å². The van der Waals surface area contributed by atoms with Crippen LogP contribution in [0.1, 0.15) is 30.9 Å². The van der Waals surface area contributed by atoms with E-state index >= 15 is 0 Å². The van der Waals surface area contributed by atoms with Crippen molar-refractivity contribution in [2.45, 2.75) is 33.1 Å². The molecule has 1 aromatic rings. The number of aryl methyl sites for hydroxylation is 1. The topological polar surface area (TPSA) is 57.3 Å². The van der Waals surface area contributed by atoms with Crippen LogP contribution >= 0.6 is 0 Å². The molecule has 0 spiro atoms. The van der Waals surface area contributed by atoms with Gasteiger partial charge in [-0.1, -0.05) is 6.92 Å². The molecule has 1 aliphatic heterocycles. The number of aromatic nitrogens is 1. The largest absolute Gasteiger partial charge is 0.338 e. The number of rotatable bonds is 6. The van der Waals surface area contributed by atoms with Crippen LogP contribution in [0.3, 0.4) is 0 Å². The van der Waals surface area contributed by atoms with Gasteiger partial charge in [0.2, 0.25) is 0 Å². The van der Waals surface area contributed by atoms with E-state index in [9.17, 15) is 4.79 Å². The number of nitrogens with zero attached hydrogens (tertiary/aromatic N) is 2. The molecule has 1 aromatic heterocycles. The third-order valence-electron chi connectivity index (χ3n) is 4.42. The van der Waals surface area contributed by atoms with Crippen molar-refractivity contribution in [3.05, 3.63) is 29.6 Å². The molecule has 2 heterocycles. The van der Waals surface area contributed by atoms with Gasteiger partial charge in [-0.25, -0.2) is 4.79 Å². The minimum atomic E-state index is -0.0552. The number of piperidine rings is 1. The summed E-state index contributed by atoms with van der Waals surface area (Å²) < 4.78 is 0. The highest BCUT2D eigenvalue weighted by Crippen LogP contribution is 2.15. The molecule has 5 heteroatoms. The third kappa shape index (κ3) is 5.30. The minimum Gasteiger partial charge on any atom is -0.338 e. The van der Waals surface area contributed by atoms with Crippen LogP contribution in [-0.4, -0.2) is 48.6 Å². The predicted molar refractivity (Wildman–Crippen MR) is 88.9 cm³/mol. The standard InChI is InChI=1S/C17H28N4O/c1-3-21-10-4-5-15(13-21)12-20-17(22)19-9-7-16-6-8-18-11-14(16)2/h6,8,11,15H,3-5,7,9-10,12-13H2,1-2H3,(H2,19,20,22). The number of pyridine rings is 1. The van der Waals surface area contributed by atoms with E-state index in [1.165, 1.54) is 30.5 Å². The quantitative estimate of drug-likeness (QED) is 0.845. The molecular formula is C17H28N4O. The highest BCUT2D eigenvalue weighted by atomic mass is 16.2. The Kier molecular flexibility index (Phi) is 6.65. The fourth-order valence-electron chi connectivity index (χ4n) is 3.00. The van der Waals surface area contributed by atoms with Gasteiger partial charge in [0.25, 0.3) is 0 Å². The van der Waals surface area contributed by atoms with Gasteiger partial charge >= 0.3 is 6.03 Å². The molecule has 2 N–H and O–H groups in total. The normalized spacial score (nSPS) is 18.9. The van der Waals surface area contributed by atoms with Gasteiger partial charge in [-0.05, 0) is 62.4 Å². The lowest BCUT2D eigenvalue weighted by Crippen LogP contribution is -2.43. The highest BCUT2D eigenvalue weighted by molar-refractivity contribution is 5.73. The smallest absolute Gasteiger partial charge is 0.314 e. The highest BCUT2D eigenvalue weighted by Gasteiger charge is 2.18. The van der Waals surface area contributed by atoms with Crippen LogP contribution in [0.5, 0.6) is 0 Å². The Morgan fingerprint density at radius 2 is 2.32 bits per heavy atom. The number of carbonyl (C=O) groups is 1. The van der Waals surface area contributed by atoms with E-state index in [-0.39, 0.29) is 6.03 Å². The fourth-order valence-corrected chi connectivity index (χ4v) is 3.00. The molecule has 2 rings (SSSR count). The van der Waals surface area contributed by atoms with Gasteiger partial charge in [0.05, 0.1) is 0 Å². The third-order valence-corrected chi connectivity index (χ3v) is 4.42. The molecule has 0 aromatic carbocycles. The molecule has 22 heavy (non-hydrogen) atoms. The summed E-state index contributed by atoms with van der Waals surface area (Å²) in [5.74, 6) is 0.585. The number of carbonyl (C=O) groups excluding carboxylic acids is 1. The number of hydrogen-bond acceptors (Lipinski definition) is 3. The van der Waals surface area contributed by atoms with Crippen LogP contribution in [0.2, 0.25) is 0 Å². The van der Waals surface area contributed by atoms with Crippen molar-refractivity contribution >= 4 is 6.03 Å². The average molecular weight is 304 g/mol. The first-order chi connectivity index (χ1) is 10.7. The summed E-state index contributed by atoms with van der Waals surface area (Å²) in [5, 5.41) is 5.95. The van der Waals surface area contributed by atoms with Crippen LogP contribution < -0.4 is 10.6 Å². The molecule has 2 amide bonds. The summed E-state index contributed by atoms with van der Waals surface area (Å²) in [7, 11) is 0. The molecular weight excluding hydrogens is 276 g/mol. The first kappa shape index (κ1) is 16.7. The van der Waals surface area contributed by atoms with Gasteiger partial charge in [0.15, 0.2) is 0 Å². The van der Waals surface area contributed by atoms with Gasteiger partial charge < -0.3 is 15.5 Å². The zero-order chi connectivity index (χ0) is 15.8. The van der Waals surface area contributed by atoms with Crippen LogP contribution in [0.15, 0.2) is 18.5 Å². The molecule has 5 nitrogen and oxygen atoms in total. The lowest BCUT2D eigenvalue weighted by Gasteiger charge is -2.31. The summed E-state index contributed by atoms with van der Waals surface area (Å²) in [4.78, 5) is 18.4. The Balaban J connectivity index is 1.63. The molecule has 1 saturated heterocycles. The lowest BCUT2D eigenvalue weighted by molar-refractivity contribution is 0.179. The van der Waals surface area contributed by atoms with E-state index in [1.54, 1.807) is 6.20 Å². The van der Waals surface area contributed by atoms with E-state index < -0.39 is 0 Å². The van der Waals surface area contributed by atoms with Crippen LogP contribution in [0.4, 0.5) is 4.79 Å². The first-order valence-corrected chi connectivity index (χ1v) is 8.32. The van der Waals surface area contributed by atoms with Crippen LogP contribution in [-0.2, 0) is 6.42 Å². The van der Waals surface area contributed by atoms with Crippen molar-refractivity contribution in [2.75, 3.05) is 32.7 Å². The molecule has 0 bridgehead atoms. The summed E-state index contributed by atoms with van der Waals surface area (Å²) in [6, 6.07) is 1.95. The summed E-state index contributed by atoms with van der Waals surface area (Å²) in [5.41, 5.74) is 2.41. The lowest BCUT2D eigenvalue weighted by atomic mass is 9.98. The van der Waals surface area contributed by atoms with Gasteiger partial charge in [-0.3, -0.25) is 4.98 Å². The Bertz CT molecular complexity index is 477. The first-order valence-electron chi connectivity index (χ1n) is 8.32. The second-order valence-corrected chi connectivity index (χ2v) is 6.09. The molecule has 1 fully saturated rings. The summed E-state index contributed by atoms with van der Waals surface area (Å²) in [6.45, 7) is 9.08. The zero-order valence-electron chi connectivity index (χ0n) is 13.8. The number of amides is 2. The zero-order valence-corrected chi connectivity index (χ0v) is 13.8. The predicted octanol–water partition coefficient (Wildman–Crippen LogP) is 1.96. The number of likely N-dealkylation sites (tertiary alicyclic amines) is 1. The van der Waals surface area contributed by atoms with E-state index in [1.807, 2.05) is 19.2 Å². The van der Waals surface area contributed by atoms with E-state index in [2.05, 4.69) is 27.4 Å². The van der Waals surface area contributed by atoms with Crippen molar-refractivity contribution in [3.63, 3.8) is 0 Å². The second kappa shape index (κ2) is 8.73. The monoisotopic (exact) mass is 304 g/mol. The van der Waals surface area contributed by atoms with Gasteiger partial charge in [0, 0.05) is 32.0 Å². The Morgan fingerprint density at radius 1 is 1.45 bits per heavy atom. The van der Waals surface area contributed by atoms with E-state index in [4.69, 9.17) is 0 Å². The molecule has 1 aliphatic rings.